The van der Waals surface area contributed by atoms with E-state index in [2.05, 4.69) is 6.58 Å². The van der Waals surface area contributed by atoms with E-state index in [0.29, 0.717) is 22.4 Å². The van der Waals surface area contributed by atoms with Crippen molar-refractivity contribution in [1.29, 1.82) is 0 Å². The number of nitrogens with zero attached hydrogens (tertiary/aromatic N) is 5. The van der Waals surface area contributed by atoms with Crippen molar-refractivity contribution in [3.8, 4) is 22.7 Å². The van der Waals surface area contributed by atoms with E-state index in [9.17, 15) is 19.5 Å². The van der Waals surface area contributed by atoms with Crippen LogP contribution >= 0.6 is 11.6 Å². The van der Waals surface area contributed by atoms with E-state index in [1.807, 2.05) is 31.7 Å². The molecule has 2 aliphatic rings. The van der Waals surface area contributed by atoms with Crippen molar-refractivity contribution in [3.63, 3.8) is 0 Å². The molecular weight excluding hydrogens is 599 g/mol. The number of nitrogen functional groups attached to an aromatic ring is 1. The minimum atomic E-state index is -0.810. The zero-order valence-corrected chi connectivity index (χ0v) is 26.0. The number of nitrogens with two attached hydrogens (primary N) is 1. The third-order valence-electron chi connectivity index (χ3n) is 8.61. The van der Waals surface area contributed by atoms with Gasteiger partial charge in [-0.2, -0.15) is 0 Å². The van der Waals surface area contributed by atoms with E-state index < -0.39 is 23.5 Å². The maximum atomic E-state index is 15.2. The van der Waals surface area contributed by atoms with Crippen LogP contribution in [-0.2, 0) is 9.59 Å². The number of amides is 2. The first kappa shape index (κ1) is 30.1. The fourth-order valence-electron chi connectivity index (χ4n) is 6.55. The lowest BCUT2D eigenvalue weighted by molar-refractivity contribution is -0.129. The number of fused-ring (bicyclic) bond motifs is 5. The molecule has 2 aromatic heterocycles. The first-order valence-electron chi connectivity index (χ1n) is 14.5. The van der Waals surface area contributed by atoms with Gasteiger partial charge in [0.25, 0.3) is 11.5 Å². The summed E-state index contributed by atoms with van der Waals surface area (Å²) in [6.45, 7) is 9.72. The quantitative estimate of drug-likeness (QED) is 0.245. The van der Waals surface area contributed by atoms with Gasteiger partial charge in [0.2, 0.25) is 5.91 Å². The number of carbonyl (C=O) groups is 2. The lowest BCUT2D eigenvalue weighted by Crippen LogP contribution is -2.66. The summed E-state index contributed by atoms with van der Waals surface area (Å²) in [5, 5.41) is 11.1. The number of phenols is 1. The van der Waals surface area contributed by atoms with Gasteiger partial charge in [0.1, 0.15) is 23.3 Å². The highest BCUT2D eigenvalue weighted by molar-refractivity contribution is 6.34. The Morgan fingerprint density at radius 3 is 2.53 bits per heavy atom. The predicted octanol–water partition coefficient (Wildman–Crippen LogP) is 4.82. The van der Waals surface area contributed by atoms with Crippen LogP contribution < -0.4 is 21.1 Å². The van der Waals surface area contributed by atoms with E-state index >= 15 is 4.39 Å². The topological polar surface area (TPSA) is 125 Å². The molecule has 0 radical (unpaired) electrons. The predicted molar refractivity (Wildman–Crippen MR) is 174 cm³/mol. The highest BCUT2D eigenvalue weighted by Gasteiger charge is 2.46. The number of halogens is 2. The number of carbonyl (C=O) groups excluding carboxylic acids is 2. The van der Waals surface area contributed by atoms with Crippen LogP contribution in [0, 0.1) is 5.82 Å². The number of anilines is 3. The molecule has 0 unspecified atom stereocenters. The summed E-state index contributed by atoms with van der Waals surface area (Å²) < 4.78 is 16.5. The monoisotopic (exact) mass is 630 g/mol. The Morgan fingerprint density at radius 1 is 1.16 bits per heavy atom. The van der Waals surface area contributed by atoms with Crippen molar-refractivity contribution in [2.24, 2.45) is 0 Å². The van der Waals surface area contributed by atoms with Crippen molar-refractivity contribution in [2.75, 3.05) is 35.7 Å². The second-order valence-electron chi connectivity index (χ2n) is 11.7. The summed E-state index contributed by atoms with van der Waals surface area (Å²) in [6.07, 6.45) is 1.21. The molecular formula is C33H32ClFN6O4. The van der Waals surface area contributed by atoms with Gasteiger partial charge >= 0.3 is 0 Å². The van der Waals surface area contributed by atoms with Crippen LogP contribution in [0.25, 0.3) is 28.0 Å². The number of hydrogen-bond donors (Lipinski definition) is 2. The molecule has 6 rings (SSSR count). The van der Waals surface area contributed by atoms with Gasteiger partial charge in [-0.25, -0.2) is 9.37 Å². The normalized spacial score (nSPS) is 17.9. The van der Waals surface area contributed by atoms with Gasteiger partial charge < -0.3 is 25.5 Å². The van der Waals surface area contributed by atoms with Gasteiger partial charge in [-0.05, 0) is 48.7 Å². The molecule has 0 aliphatic carbocycles. The molecule has 0 saturated carbocycles. The molecule has 2 atom stereocenters. The first-order chi connectivity index (χ1) is 21.4. The molecule has 4 aromatic rings. The van der Waals surface area contributed by atoms with Crippen LogP contribution in [0.3, 0.4) is 0 Å². The molecule has 2 aliphatic heterocycles. The van der Waals surface area contributed by atoms with Crippen molar-refractivity contribution in [3.05, 3.63) is 81.9 Å². The number of likely N-dealkylation sites (N-methyl/N-ethyl adjacent to an activating group) is 1. The molecule has 0 bridgehead atoms. The van der Waals surface area contributed by atoms with Crippen LogP contribution in [0.1, 0.15) is 32.3 Å². The van der Waals surface area contributed by atoms with Crippen LogP contribution in [-0.4, -0.2) is 63.6 Å². The molecule has 3 N–H and O–H groups in total. The maximum absolute atomic E-state index is 15.2. The van der Waals surface area contributed by atoms with Gasteiger partial charge in [-0.15, -0.1) is 0 Å². The third-order valence-corrected chi connectivity index (χ3v) is 8.90. The Balaban J connectivity index is 1.77. The lowest BCUT2D eigenvalue weighted by atomic mass is 9.96. The van der Waals surface area contributed by atoms with E-state index in [4.69, 9.17) is 22.3 Å². The Bertz CT molecular complexity index is 1970. The number of aromatic hydroxyl groups is 1. The first-order valence-corrected chi connectivity index (χ1v) is 14.9. The highest BCUT2D eigenvalue weighted by Crippen LogP contribution is 2.45. The number of benzene rings is 2. The van der Waals surface area contributed by atoms with E-state index in [0.717, 1.165) is 5.56 Å². The van der Waals surface area contributed by atoms with Crippen LogP contribution in [0.15, 0.2) is 59.9 Å². The molecule has 4 heterocycles. The summed E-state index contributed by atoms with van der Waals surface area (Å²) in [5.41, 5.74) is 7.73. The molecule has 2 aromatic carbocycles. The number of para-hydroxylation sites is 1. The molecule has 0 spiro atoms. The minimum absolute atomic E-state index is 0.0182. The van der Waals surface area contributed by atoms with Gasteiger partial charge in [-0.1, -0.05) is 50.2 Å². The Morgan fingerprint density at radius 2 is 1.87 bits per heavy atom. The molecule has 10 nitrogen and oxygen atoms in total. The van der Waals surface area contributed by atoms with Crippen molar-refractivity contribution in [2.45, 2.75) is 38.8 Å². The zero-order valence-electron chi connectivity index (χ0n) is 25.2. The average Bonchev–Trinajstić information content (AvgIpc) is 2.99. The van der Waals surface area contributed by atoms with Gasteiger partial charge in [0.15, 0.2) is 5.65 Å². The lowest BCUT2D eigenvalue weighted by Gasteiger charge is -2.50. The Kier molecular flexibility index (Phi) is 7.31. The SMILES string of the molecule is C=CC(=O)N1C[C@@H](C)N2c3c(c(=O)n(-c4c(N)cccc4C(C)C)c4nc(-c5c(O)cccc5F)c(Cl)cc34)N(C)C(=O)[C@H]2C1. The fraction of sp³-hybridized carbons (Fsp3) is 0.273. The summed E-state index contributed by atoms with van der Waals surface area (Å²) in [7, 11) is 1.52. The zero-order chi connectivity index (χ0) is 32.5. The van der Waals surface area contributed by atoms with Crippen molar-refractivity contribution in [1.82, 2.24) is 14.5 Å². The second-order valence-corrected chi connectivity index (χ2v) is 12.1. The van der Waals surface area contributed by atoms with Crippen LogP contribution in [0.2, 0.25) is 5.02 Å². The Labute approximate surface area is 263 Å². The largest absolute Gasteiger partial charge is 0.507 e. The third kappa shape index (κ3) is 4.52. The van der Waals surface area contributed by atoms with E-state index in [1.54, 1.807) is 23.1 Å². The van der Waals surface area contributed by atoms with Crippen LogP contribution in [0.5, 0.6) is 5.75 Å². The maximum Gasteiger partial charge on any atom is 0.283 e. The summed E-state index contributed by atoms with van der Waals surface area (Å²) in [5.74, 6) is -1.86. The molecule has 45 heavy (non-hydrogen) atoms. The number of phenolic OH excluding ortho intramolecular Hbond substituents is 1. The molecule has 1 fully saturated rings. The summed E-state index contributed by atoms with van der Waals surface area (Å²) in [6, 6.07) is 9.54. The van der Waals surface area contributed by atoms with Gasteiger partial charge in [0, 0.05) is 25.0 Å². The highest BCUT2D eigenvalue weighted by atomic mass is 35.5. The molecule has 1 saturated heterocycles. The smallest absolute Gasteiger partial charge is 0.283 e. The Hall–Kier alpha value is -4.90. The van der Waals surface area contributed by atoms with E-state index in [-0.39, 0.29) is 64.2 Å². The number of pyridine rings is 2. The second kappa shape index (κ2) is 10.9. The number of aromatic nitrogens is 2. The number of rotatable bonds is 4. The molecule has 2 amide bonds. The number of piperazine rings is 1. The minimum Gasteiger partial charge on any atom is -0.507 e. The van der Waals surface area contributed by atoms with E-state index in [1.165, 1.54) is 40.8 Å². The van der Waals surface area contributed by atoms with Crippen molar-refractivity contribution >= 4 is 51.5 Å². The van der Waals surface area contributed by atoms with Gasteiger partial charge in [0.05, 0.1) is 39.9 Å². The summed E-state index contributed by atoms with van der Waals surface area (Å²) in [4.78, 5) is 50.8. The van der Waals surface area contributed by atoms with Crippen molar-refractivity contribution < 1.29 is 19.1 Å². The average molecular weight is 631 g/mol. The molecule has 232 valence electrons. The number of hydrogen-bond acceptors (Lipinski definition) is 7. The van der Waals surface area contributed by atoms with Crippen LogP contribution in [0.4, 0.5) is 21.5 Å². The molecule has 12 heteroatoms. The fourth-order valence-corrected chi connectivity index (χ4v) is 6.80. The van der Waals surface area contributed by atoms with Gasteiger partial charge in [-0.3, -0.25) is 19.0 Å². The standard InChI is InChI=1S/C33H32ClFN6O4/c1-6-25(43)39-14-17(4)40-23(15-39)32(44)38(5)30-29(40)19-13-20(34)27(26-21(35)10-8-12-24(26)42)37-31(19)41(33(30)45)28-18(16(2)3)9-7-11-22(28)36/h6-13,16-17,23,42H,1,14-15,36H2,2-5H3/t17-,23-/m1/s1. The summed E-state index contributed by atoms with van der Waals surface area (Å²) >= 11 is 6.82.